The number of amides is 1. The number of hydrogen-bond donors (Lipinski definition) is 0. The van der Waals surface area contributed by atoms with Gasteiger partial charge < -0.3 is 4.90 Å². The summed E-state index contributed by atoms with van der Waals surface area (Å²) in [6, 6.07) is 9.29. The van der Waals surface area contributed by atoms with E-state index in [0.717, 1.165) is 17.2 Å². The predicted molar refractivity (Wildman–Crippen MR) is 125 cm³/mol. The van der Waals surface area contributed by atoms with E-state index in [2.05, 4.69) is 0 Å². The molecule has 1 amide bonds. The minimum Gasteiger partial charge on any atom is -0.324 e. The molecule has 0 radical (unpaired) electrons. The van der Waals surface area contributed by atoms with Crippen molar-refractivity contribution in [3.63, 3.8) is 0 Å². The molecule has 178 valence electrons. The van der Waals surface area contributed by atoms with Crippen LogP contribution in [-0.2, 0) is 35.2 Å². The van der Waals surface area contributed by atoms with Crippen molar-refractivity contribution in [2.45, 2.75) is 64.2 Å². The number of aryl methyl sites for hydroxylation is 2. The van der Waals surface area contributed by atoms with Crippen LogP contribution >= 0.6 is 12.2 Å². The van der Waals surface area contributed by atoms with Crippen LogP contribution in [-0.4, -0.2) is 33.3 Å². The molecule has 4 nitrogen and oxygen atoms in total. The maximum absolute atomic E-state index is 13.2. The van der Waals surface area contributed by atoms with E-state index in [4.69, 9.17) is 12.2 Å². The van der Waals surface area contributed by atoms with Crippen LogP contribution in [0.2, 0.25) is 0 Å². The first-order valence-corrected chi connectivity index (χ1v) is 11.6. The van der Waals surface area contributed by atoms with Crippen molar-refractivity contribution in [1.82, 2.24) is 4.90 Å². The number of ketones is 2. The summed E-state index contributed by atoms with van der Waals surface area (Å²) in [5.74, 6) is -0.471. The highest BCUT2D eigenvalue weighted by Crippen LogP contribution is 2.33. The molecule has 1 aliphatic carbocycles. The second-order valence-electron chi connectivity index (χ2n) is 9.02. The number of thiocarbonyl (C=S) groups is 1. The van der Waals surface area contributed by atoms with Gasteiger partial charge in [0.05, 0.1) is 18.0 Å². The zero-order chi connectivity index (χ0) is 24.6. The molecule has 1 fully saturated rings. The van der Waals surface area contributed by atoms with E-state index >= 15 is 0 Å². The first kappa shape index (κ1) is 24.3. The van der Waals surface area contributed by atoms with Gasteiger partial charge in [0.1, 0.15) is 5.78 Å². The third kappa shape index (κ3) is 5.12. The van der Waals surface area contributed by atoms with E-state index in [1.54, 1.807) is 17.0 Å². The van der Waals surface area contributed by atoms with Gasteiger partial charge in [0.25, 0.3) is 5.91 Å². The highest BCUT2D eigenvalue weighted by molar-refractivity contribution is 7.80. The normalized spacial score (nSPS) is 18.4. The summed E-state index contributed by atoms with van der Waals surface area (Å²) in [5, 5.41) is 0. The molecule has 1 saturated carbocycles. The molecule has 0 spiro atoms. The topological polar surface area (TPSA) is 54.5 Å². The van der Waals surface area contributed by atoms with Crippen molar-refractivity contribution in [2.75, 3.05) is 0 Å². The van der Waals surface area contributed by atoms with Gasteiger partial charge in [0.15, 0.2) is 5.78 Å². The molecule has 1 heterocycles. The number of Topliss-reactive ketones (excluding diaryl/α,β-unsaturated/α-hetero) is 2. The van der Waals surface area contributed by atoms with Crippen molar-refractivity contribution >= 4 is 34.6 Å². The van der Waals surface area contributed by atoms with E-state index in [1.807, 2.05) is 12.1 Å². The third-order valence-electron chi connectivity index (χ3n) is 6.52. The van der Waals surface area contributed by atoms with Gasteiger partial charge in [0.2, 0.25) is 0 Å². The van der Waals surface area contributed by atoms with Crippen LogP contribution in [0.1, 0.15) is 63.9 Å². The maximum Gasteiger partial charge on any atom is 0.416 e. The second-order valence-corrected chi connectivity index (χ2v) is 9.60. The number of carbonyl (C=O) groups excluding carboxylic acids is 3. The molecule has 2 aliphatic rings. The molecule has 34 heavy (non-hydrogen) atoms. The van der Waals surface area contributed by atoms with E-state index in [9.17, 15) is 27.6 Å². The first-order chi connectivity index (χ1) is 16.0. The Morgan fingerprint density at radius 2 is 1.82 bits per heavy atom. The molecular weight excluding hydrogens is 463 g/mol. The zero-order valence-electron chi connectivity index (χ0n) is 18.7. The lowest BCUT2D eigenvalue weighted by Gasteiger charge is -2.29. The lowest BCUT2D eigenvalue weighted by atomic mass is 9.92. The Labute approximate surface area is 201 Å². The minimum absolute atomic E-state index is 0.0797. The smallest absolute Gasteiger partial charge is 0.324 e. The van der Waals surface area contributed by atoms with Crippen LogP contribution in [0.15, 0.2) is 36.4 Å². The second kappa shape index (κ2) is 9.41. The predicted octanol–water partition coefficient (Wildman–Crippen LogP) is 5.21. The minimum atomic E-state index is -4.39. The molecule has 1 unspecified atom stereocenters. The first-order valence-electron chi connectivity index (χ1n) is 11.2. The number of alkyl halides is 3. The average Bonchev–Trinajstić information content (AvgIpc) is 3.08. The Kier molecular flexibility index (Phi) is 6.71. The highest BCUT2D eigenvalue weighted by Gasteiger charge is 2.39. The Bertz CT molecular complexity index is 1190. The highest BCUT2D eigenvalue weighted by atomic mass is 32.1. The van der Waals surface area contributed by atoms with Gasteiger partial charge in [-0.15, -0.1) is 0 Å². The lowest BCUT2D eigenvalue weighted by molar-refractivity contribution is -0.138. The molecule has 0 bridgehead atoms. The number of fused-ring (bicyclic) bond motifs is 1. The summed E-state index contributed by atoms with van der Waals surface area (Å²) in [4.78, 5) is 38.8. The van der Waals surface area contributed by atoms with Crippen LogP contribution in [0.4, 0.5) is 13.2 Å². The largest absolute Gasteiger partial charge is 0.416 e. The Hall–Kier alpha value is -2.87. The summed E-state index contributed by atoms with van der Waals surface area (Å²) in [5.41, 5.74) is 2.46. The van der Waals surface area contributed by atoms with E-state index in [-0.39, 0.29) is 29.5 Å². The molecule has 0 N–H and O–H groups in total. The van der Waals surface area contributed by atoms with E-state index < -0.39 is 17.8 Å². The fourth-order valence-corrected chi connectivity index (χ4v) is 4.95. The molecule has 0 aromatic heterocycles. The lowest BCUT2D eigenvalue weighted by Crippen LogP contribution is -2.44. The molecule has 0 saturated heterocycles. The summed E-state index contributed by atoms with van der Waals surface area (Å²) in [6.07, 6.45) is -2.40. The van der Waals surface area contributed by atoms with Crippen molar-refractivity contribution in [1.29, 1.82) is 0 Å². The quantitative estimate of drug-likeness (QED) is 0.415. The molecule has 4 rings (SSSR count). The van der Waals surface area contributed by atoms with Crippen LogP contribution in [0.3, 0.4) is 0 Å². The molecular formula is C26H24F3NO3S. The van der Waals surface area contributed by atoms with Crippen LogP contribution < -0.4 is 0 Å². The summed E-state index contributed by atoms with van der Waals surface area (Å²) in [6.45, 7) is 1.77. The van der Waals surface area contributed by atoms with Crippen molar-refractivity contribution in [2.24, 2.45) is 0 Å². The number of benzene rings is 2. The molecule has 1 atom stereocenters. The summed E-state index contributed by atoms with van der Waals surface area (Å²) in [7, 11) is 0. The number of rotatable bonds is 6. The summed E-state index contributed by atoms with van der Waals surface area (Å²) >= 11 is 5.44. The Balaban J connectivity index is 1.38. The van der Waals surface area contributed by atoms with Gasteiger partial charge >= 0.3 is 6.18 Å². The number of carbonyl (C=O) groups is 3. The number of halogens is 3. The van der Waals surface area contributed by atoms with Gasteiger partial charge in [-0.3, -0.25) is 14.4 Å². The molecule has 1 aliphatic heterocycles. The average molecular weight is 488 g/mol. The summed E-state index contributed by atoms with van der Waals surface area (Å²) < 4.78 is 39.5. The van der Waals surface area contributed by atoms with Crippen molar-refractivity contribution in [3.8, 4) is 0 Å². The van der Waals surface area contributed by atoms with Gasteiger partial charge in [0, 0.05) is 24.9 Å². The fraction of sp³-hybridized carbons (Fsp3) is 0.385. The zero-order valence-corrected chi connectivity index (χ0v) is 19.5. The van der Waals surface area contributed by atoms with Gasteiger partial charge in [-0.2, -0.15) is 13.2 Å². The maximum atomic E-state index is 13.2. The van der Waals surface area contributed by atoms with Crippen molar-refractivity contribution < 1.29 is 27.6 Å². The van der Waals surface area contributed by atoms with Gasteiger partial charge in [-0.1, -0.05) is 36.5 Å². The SMILES string of the molecule is Cc1ccc(CC(=S)CCc2ccc3c(c2)CN(C2CCC(=O)CC2=O)C3=O)cc1C(F)(F)F. The fourth-order valence-electron chi connectivity index (χ4n) is 4.68. The van der Waals surface area contributed by atoms with Crippen LogP contribution in [0, 0.1) is 6.92 Å². The number of hydrogen-bond acceptors (Lipinski definition) is 4. The molecule has 2 aromatic carbocycles. The molecule has 8 heteroatoms. The van der Waals surface area contributed by atoms with Crippen LogP contribution in [0.25, 0.3) is 0 Å². The molecule has 2 aromatic rings. The third-order valence-corrected chi connectivity index (χ3v) is 6.87. The Morgan fingerprint density at radius 3 is 2.53 bits per heavy atom. The monoisotopic (exact) mass is 487 g/mol. The number of nitrogens with zero attached hydrogens (tertiary/aromatic N) is 1. The van der Waals surface area contributed by atoms with Crippen LogP contribution in [0.5, 0.6) is 0 Å². The van der Waals surface area contributed by atoms with E-state index in [1.165, 1.54) is 13.0 Å². The van der Waals surface area contributed by atoms with Gasteiger partial charge in [-0.05, 0) is 65.4 Å². The standard InChI is InChI=1S/C26H24F3NO3S/c1-15-2-3-17(12-22(15)26(27,28)29)11-20(34)7-4-16-5-8-21-18(10-16)14-30(25(21)33)23-9-6-19(31)13-24(23)32/h2-3,5,8,10,12,23H,4,6-7,9,11,13-14H2,1H3. The van der Waals surface area contributed by atoms with Gasteiger partial charge in [-0.25, -0.2) is 0 Å². The Morgan fingerprint density at radius 1 is 1.09 bits per heavy atom. The van der Waals surface area contributed by atoms with E-state index in [0.29, 0.717) is 54.6 Å². The van der Waals surface area contributed by atoms with Crippen molar-refractivity contribution in [3.05, 3.63) is 69.8 Å².